The minimum absolute atomic E-state index is 0.135. The highest BCUT2D eigenvalue weighted by Crippen LogP contribution is 2.48. The number of esters is 1. The van der Waals surface area contributed by atoms with Crippen LogP contribution in [0.4, 0.5) is 0 Å². The van der Waals surface area contributed by atoms with Crippen LogP contribution in [0.2, 0.25) is 0 Å². The van der Waals surface area contributed by atoms with E-state index in [2.05, 4.69) is 11.9 Å². The highest BCUT2D eigenvalue weighted by atomic mass is 16.6. The maximum Gasteiger partial charge on any atom is 0.348 e. The maximum atomic E-state index is 13.3. The van der Waals surface area contributed by atoms with Gasteiger partial charge in [-0.3, -0.25) is 4.90 Å². The van der Waals surface area contributed by atoms with Crippen molar-refractivity contribution in [3.05, 3.63) is 59.7 Å². The van der Waals surface area contributed by atoms with Gasteiger partial charge in [0.05, 0.1) is 0 Å². The fourth-order valence-corrected chi connectivity index (χ4v) is 5.18. The van der Waals surface area contributed by atoms with Crippen LogP contribution in [0, 0.1) is 0 Å². The van der Waals surface area contributed by atoms with Crippen LogP contribution in [-0.2, 0) is 15.1 Å². The molecular weight excluding hydrogens is 326 g/mol. The summed E-state index contributed by atoms with van der Waals surface area (Å²) in [7, 11) is 2.12. The third-order valence-electron chi connectivity index (χ3n) is 6.55. The molecule has 4 nitrogen and oxygen atoms in total. The molecule has 2 aromatic carbocycles. The lowest BCUT2D eigenvalue weighted by atomic mass is 9.91. The first kappa shape index (κ1) is 16.0. The fourth-order valence-electron chi connectivity index (χ4n) is 5.18. The molecule has 1 N–H and O–H groups in total. The van der Waals surface area contributed by atoms with Crippen molar-refractivity contribution in [2.24, 2.45) is 0 Å². The average molecular weight is 349 g/mol. The quantitative estimate of drug-likeness (QED) is 0.847. The lowest BCUT2D eigenvalue weighted by Gasteiger charge is -2.32. The van der Waals surface area contributed by atoms with Crippen molar-refractivity contribution in [1.82, 2.24) is 4.90 Å². The monoisotopic (exact) mass is 349 g/mol. The number of ether oxygens (including phenoxy) is 1. The van der Waals surface area contributed by atoms with Crippen molar-refractivity contribution in [2.45, 2.75) is 49.5 Å². The van der Waals surface area contributed by atoms with E-state index in [-0.39, 0.29) is 12.1 Å². The first-order valence-electron chi connectivity index (χ1n) is 9.45. The summed E-state index contributed by atoms with van der Waals surface area (Å²) in [6.45, 7) is 0. The lowest BCUT2D eigenvalue weighted by Crippen LogP contribution is -2.43. The molecule has 1 aliphatic carbocycles. The average Bonchev–Trinajstić information content (AvgIpc) is 2.99. The predicted octanol–water partition coefficient (Wildman–Crippen LogP) is 3.07. The SMILES string of the molecule is CN1C2CCCC1C(OC(=O)C1(O)c3ccccc3-c3ccccc31)C2. The predicted molar refractivity (Wildman–Crippen MR) is 98.6 cm³/mol. The molecule has 2 aliphatic heterocycles. The van der Waals surface area contributed by atoms with E-state index in [0.717, 1.165) is 30.4 Å². The number of benzene rings is 2. The summed E-state index contributed by atoms with van der Waals surface area (Å²) in [5, 5.41) is 11.5. The Bertz CT molecular complexity index is 832. The van der Waals surface area contributed by atoms with Crippen LogP contribution in [0.3, 0.4) is 0 Å². The lowest BCUT2D eigenvalue weighted by molar-refractivity contribution is -0.168. The molecule has 2 saturated heterocycles. The van der Waals surface area contributed by atoms with Gasteiger partial charge in [-0.25, -0.2) is 4.79 Å². The molecule has 3 unspecified atom stereocenters. The van der Waals surface area contributed by atoms with Crippen LogP contribution in [0.5, 0.6) is 0 Å². The van der Waals surface area contributed by atoms with Crippen molar-refractivity contribution >= 4 is 5.97 Å². The van der Waals surface area contributed by atoms with Gasteiger partial charge in [-0.05, 0) is 31.0 Å². The summed E-state index contributed by atoms with van der Waals surface area (Å²) in [6.07, 6.45) is 4.13. The van der Waals surface area contributed by atoms with E-state index >= 15 is 0 Å². The number of aliphatic hydroxyl groups is 1. The van der Waals surface area contributed by atoms with E-state index in [1.54, 1.807) is 0 Å². The molecule has 5 rings (SSSR count). The van der Waals surface area contributed by atoms with E-state index in [9.17, 15) is 9.90 Å². The molecule has 0 spiro atoms. The largest absolute Gasteiger partial charge is 0.458 e. The number of hydrogen-bond acceptors (Lipinski definition) is 4. The van der Waals surface area contributed by atoms with Gasteiger partial charge in [0.25, 0.3) is 0 Å². The van der Waals surface area contributed by atoms with Crippen LogP contribution >= 0.6 is 0 Å². The molecule has 2 fully saturated rings. The first-order chi connectivity index (χ1) is 12.6. The molecule has 3 atom stereocenters. The first-order valence-corrected chi connectivity index (χ1v) is 9.45. The van der Waals surface area contributed by atoms with Gasteiger partial charge in [0.15, 0.2) is 0 Å². The van der Waals surface area contributed by atoms with E-state index in [4.69, 9.17) is 4.74 Å². The van der Waals surface area contributed by atoms with Gasteiger partial charge in [-0.2, -0.15) is 0 Å². The standard InChI is InChI=1S/C22H23NO3/c1-23-14-7-6-12-19(23)20(13-14)26-21(24)22(25)17-10-4-2-8-15(17)16-9-3-5-11-18(16)22/h2-5,8-11,14,19-20,25H,6-7,12-13H2,1H3. The van der Waals surface area contributed by atoms with Gasteiger partial charge in [-0.15, -0.1) is 0 Å². The van der Waals surface area contributed by atoms with Gasteiger partial charge in [0.2, 0.25) is 5.60 Å². The Balaban J connectivity index is 1.52. The number of hydrogen-bond donors (Lipinski definition) is 1. The number of piperidine rings is 1. The number of nitrogens with zero attached hydrogens (tertiary/aromatic N) is 1. The van der Waals surface area contributed by atoms with Crippen LogP contribution in [0.1, 0.15) is 36.8 Å². The zero-order valence-electron chi connectivity index (χ0n) is 14.9. The molecule has 4 heteroatoms. The zero-order valence-corrected chi connectivity index (χ0v) is 14.9. The summed E-state index contributed by atoms with van der Waals surface area (Å²) in [5.74, 6) is -0.541. The fraction of sp³-hybridized carbons (Fsp3) is 0.409. The Kier molecular flexibility index (Phi) is 3.49. The molecular formula is C22H23NO3. The second kappa shape index (κ2) is 5.66. The highest BCUT2D eigenvalue weighted by Gasteiger charge is 2.52. The normalized spacial score (nSPS) is 28.5. The van der Waals surface area contributed by atoms with Gasteiger partial charge < -0.3 is 9.84 Å². The Labute approximate surface area is 153 Å². The smallest absolute Gasteiger partial charge is 0.348 e. The third kappa shape index (κ3) is 2.06. The number of rotatable bonds is 2. The van der Waals surface area contributed by atoms with Crippen LogP contribution in [0.15, 0.2) is 48.5 Å². The van der Waals surface area contributed by atoms with Gasteiger partial charge in [0, 0.05) is 29.6 Å². The molecule has 26 heavy (non-hydrogen) atoms. The van der Waals surface area contributed by atoms with Crippen molar-refractivity contribution in [3.8, 4) is 11.1 Å². The molecule has 2 bridgehead atoms. The molecule has 0 saturated carbocycles. The Morgan fingerprint density at radius 3 is 2.31 bits per heavy atom. The van der Waals surface area contributed by atoms with Gasteiger partial charge in [0.1, 0.15) is 6.10 Å². The van der Waals surface area contributed by atoms with E-state index < -0.39 is 11.6 Å². The third-order valence-corrected chi connectivity index (χ3v) is 6.55. The summed E-state index contributed by atoms with van der Waals surface area (Å²) < 4.78 is 5.97. The van der Waals surface area contributed by atoms with Crippen LogP contribution in [0.25, 0.3) is 11.1 Å². The van der Waals surface area contributed by atoms with Crippen LogP contribution < -0.4 is 0 Å². The summed E-state index contributed by atoms with van der Waals surface area (Å²) in [6, 6.07) is 15.9. The molecule has 134 valence electrons. The summed E-state index contributed by atoms with van der Waals surface area (Å²) in [5.41, 5.74) is 1.35. The molecule has 2 heterocycles. The number of carbonyl (C=O) groups excluding carboxylic acids is 1. The number of carbonyl (C=O) groups is 1. The van der Waals surface area contributed by atoms with E-state index in [1.807, 2.05) is 48.5 Å². The van der Waals surface area contributed by atoms with Crippen molar-refractivity contribution in [3.63, 3.8) is 0 Å². The minimum Gasteiger partial charge on any atom is -0.458 e. The van der Waals surface area contributed by atoms with Crippen molar-refractivity contribution in [1.29, 1.82) is 0 Å². The van der Waals surface area contributed by atoms with Crippen LogP contribution in [-0.4, -0.2) is 41.2 Å². The van der Waals surface area contributed by atoms with Gasteiger partial charge >= 0.3 is 5.97 Å². The maximum absolute atomic E-state index is 13.3. The number of likely N-dealkylation sites (N-methyl/N-ethyl adjacent to an activating group) is 1. The second-order valence-corrected chi connectivity index (χ2v) is 7.80. The molecule has 0 amide bonds. The zero-order chi connectivity index (χ0) is 17.9. The Hall–Kier alpha value is -2.17. The molecule has 0 aromatic heterocycles. The number of fused-ring (bicyclic) bond motifs is 5. The summed E-state index contributed by atoms with van der Waals surface area (Å²) >= 11 is 0. The Morgan fingerprint density at radius 2 is 1.69 bits per heavy atom. The molecule has 2 aromatic rings. The van der Waals surface area contributed by atoms with Gasteiger partial charge in [-0.1, -0.05) is 55.0 Å². The van der Waals surface area contributed by atoms with Crippen molar-refractivity contribution < 1.29 is 14.6 Å². The van der Waals surface area contributed by atoms with Crippen molar-refractivity contribution in [2.75, 3.05) is 7.05 Å². The van der Waals surface area contributed by atoms with E-state index in [0.29, 0.717) is 17.2 Å². The second-order valence-electron chi connectivity index (χ2n) is 7.80. The highest BCUT2D eigenvalue weighted by molar-refractivity contribution is 5.96. The van der Waals surface area contributed by atoms with E-state index in [1.165, 1.54) is 6.42 Å². The minimum atomic E-state index is -1.72. The molecule has 3 aliphatic rings. The summed E-state index contributed by atoms with van der Waals surface area (Å²) in [4.78, 5) is 15.6. The Morgan fingerprint density at radius 1 is 1.08 bits per heavy atom. The molecule has 0 radical (unpaired) electrons. The topological polar surface area (TPSA) is 49.8 Å².